The molecule has 0 amide bonds. The number of nitrogens with zero attached hydrogens (tertiary/aromatic N) is 1. The second-order valence-electron chi connectivity index (χ2n) is 4.62. The predicted molar refractivity (Wildman–Crippen MR) is 69.8 cm³/mol. The Bertz CT molecular complexity index is 619. The molecule has 7 heteroatoms. The molecular weight excluding hydrogens is 270 g/mol. The molecule has 0 aliphatic carbocycles. The van der Waals surface area contributed by atoms with E-state index in [0.29, 0.717) is 0 Å². The molecule has 0 aliphatic rings. The Hall–Kier alpha value is -1.76. The Labute approximate surface area is 111 Å². The normalized spacial score (nSPS) is 11.6. The first-order valence-corrected chi connectivity index (χ1v) is 7.52. The van der Waals surface area contributed by atoms with Crippen LogP contribution >= 0.6 is 0 Å². The molecule has 1 rings (SSSR count). The van der Waals surface area contributed by atoms with Gasteiger partial charge in [-0.1, -0.05) is 19.9 Å². The molecule has 0 saturated carbocycles. The average molecular weight is 285 g/mol. The molecule has 0 radical (unpaired) electrons. The van der Waals surface area contributed by atoms with Gasteiger partial charge < -0.3 is 0 Å². The monoisotopic (exact) mass is 285 g/mol. The van der Waals surface area contributed by atoms with Crippen LogP contribution in [0.2, 0.25) is 0 Å². The van der Waals surface area contributed by atoms with Gasteiger partial charge in [-0.2, -0.15) is 0 Å². The van der Waals surface area contributed by atoms with Crippen molar-refractivity contribution in [3.8, 4) is 0 Å². The van der Waals surface area contributed by atoms with Crippen molar-refractivity contribution < 1.29 is 18.1 Å². The molecule has 0 heterocycles. The van der Waals surface area contributed by atoms with E-state index in [1.54, 1.807) is 13.8 Å². The number of ketones is 1. The topological polar surface area (TPSA) is 94.3 Å². The lowest BCUT2D eigenvalue weighted by Crippen LogP contribution is -2.12. The fourth-order valence-corrected chi connectivity index (χ4v) is 2.13. The molecule has 0 spiro atoms. The minimum Gasteiger partial charge on any atom is -0.299 e. The number of sulfone groups is 1. The number of nitro groups is 1. The fourth-order valence-electron chi connectivity index (χ4n) is 1.49. The number of benzene rings is 1. The van der Waals surface area contributed by atoms with Crippen LogP contribution in [-0.4, -0.2) is 25.4 Å². The largest absolute Gasteiger partial charge is 0.299 e. The van der Waals surface area contributed by atoms with Crippen LogP contribution in [0.1, 0.15) is 19.4 Å². The minimum absolute atomic E-state index is 0.0714. The Morgan fingerprint density at radius 1 is 1.37 bits per heavy atom. The number of carbonyl (C=O) groups excluding carboxylic acids is 1. The highest BCUT2D eigenvalue weighted by molar-refractivity contribution is 7.90. The highest BCUT2D eigenvalue weighted by Crippen LogP contribution is 2.24. The Balaban J connectivity index is 3.27. The van der Waals surface area contributed by atoms with Gasteiger partial charge in [0.05, 0.1) is 9.82 Å². The molecule has 0 atom stereocenters. The van der Waals surface area contributed by atoms with E-state index in [2.05, 4.69) is 0 Å². The summed E-state index contributed by atoms with van der Waals surface area (Å²) in [4.78, 5) is 21.8. The number of carbonyl (C=O) groups is 1. The first-order chi connectivity index (χ1) is 8.62. The minimum atomic E-state index is -3.51. The van der Waals surface area contributed by atoms with Gasteiger partial charge in [-0.05, 0) is 6.07 Å². The summed E-state index contributed by atoms with van der Waals surface area (Å²) in [6.07, 6.45) is 0.906. The number of Topliss-reactive ketones (excluding diaryl/α,β-unsaturated/α-hetero) is 1. The maximum atomic E-state index is 11.6. The summed E-state index contributed by atoms with van der Waals surface area (Å²) in [5.41, 5.74) is -0.104. The molecular formula is C12H15NO5S. The lowest BCUT2D eigenvalue weighted by molar-refractivity contribution is -0.385. The van der Waals surface area contributed by atoms with E-state index in [9.17, 15) is 23.3 Å². The van der Waals surface area contributed by atoms with Crippen molar-refractivity contribution in [2.24, 2.45) is 5.92 Å². The van der Waals surface area contributed by atoms with Gasteiger partial charge in [-0.25, -0.2) is 8.42 Å². The van der Waals surface area contributed by atoms with Crippen LogP contribution in [-0.2, 0) is 21.1 Å². The maximum absolute atomic E-state index is 11.6. The van der Waals surface area contributed by atoms with E-state index in [1.165, 1.54) is 12.1 Å². The van der Waals surface area contributed by atoms with Crippen molar-refractivity contribution >= 4 is 21.3 Å². The number of hydrogen-bond acceptors (Lipinski definition) is 5. The summed E-state index contributed by atoms with van der Waals surface area (Å²) in [5, 5.41) is 11.0. The predicted octanol–water partition coefficient (Wildman–Crippen LogP) is 1.77. The SMILES string of the molecule is CC(C)C(=O)Cc1ccc(S(C)(=O)=O)cc1[N+](=O)[O-]. The summed E-state index contributed by atoms with van der Waals surface area (Å²) in [6, 6.07) is 3.61. The zero-order valence-corrected chi connectivity index (χ0v) is 11.7. The van der Waals surface area contributed by atoms with E-state index in [-0.39, 0.29) is 34.3 Å². The molecule has 0 aliphatic heterocycles. The maximum Gasteiger partial charge on any atom is 0.274 e. The second kappa shape index (κ2) is 5.48. The van der Waals surface area contributed by atoms with E-state index < -0.39 is 14.8 Å². The van der Waals surface area contributed by atoms with E-state index >= 15 is 0 Å². The zero-order valence-electron chi connectivity index (χ0n) is 10.9. The van der Waals surface area contributed by atoms with E-state index in [4.69, 9.17) is 0 Å². The van der Waals surface area contributed by atoms with Gasteiger partial charge in [-0.3, -0.25) is 14.9 Å². The number of rotatable bonds is 5. The van der Waals surface area contributed by atoms with Gasteiger partial charge >= 0.3 is 0 Å². The first kappa shape index (κ1) is 15.3. The molecule has 19 heavy (non-hydrogen) atoms. The van der Waals surface area contributed by atoms with E-state index in [0.717, 1.165) is 12.3 Å². The molecule has 0 aromatic heterocycles. The lowest BCUT2D eigenvalue weighted by atomic mass is 10.00. The lowest BCUT2D eigenvalue weighted by Gasteiger charge is -2.06. The summed E-state index contributed by atoms with van der Waals surface area (Å²) in [7, 11) is -3.51. The molecule has 0 N–H and O–H groups in total. The molecule has 1 aromatic rings. The van der Waals surface area contributed by atoms with Crippen LogP contribution < -0.4 is 0 Å². The molecule has 0 saturated heterocycles. The van der Waals surface area contributed by atoms with Crippen molar-refractivity contribution in [3.05, 3.63) is 33.9 Å². The van der Waals surface area contributed by atoms with Crippen molar-refractivity contribution in [3.63, 3.8) is 0 Å². The third kappa shape index (κ3) is 3.85. The number of nitro benzene ring substituents is 1. The smallest absolute Gasteiger partial charge is 0.274 e. The molecule has 1 aromatic carbocycles. The van der Waals surface area contributed by atoms with Crippen molar-refractivity contribution in [1.29, 1.82) is 0 Å². The summed E-state index contributed by atoms with van der Waals surface area (Å²) in [5.74, 6) is -0.357. The molecule has 0 unspecified atom stereocenters. The quantitative estimate of drug-likeness (QED) is 0.607. The van der Waals surface area contributed by atoms with Crippen molar-refractivity contribution in [2.75, 3.05) is 6.26 Å². The Morgan fingerprint density at radius 2 is 1.95 bits per heavy atom. The van der Waals surface area contributed by atoms with Crippen LogP contribution in [0.25, 0.3) is 0 Å². The van der Waals surface area contributed by atoms with Gasteiger partial charge in [0.15, 0.2) is 9.84 Å². The Kier molecular flexibility index (Phi) is 4.41. The average Bonchev–Trinajstić information content (AvgIpc) is 2.27. The van der Waals surface area contributed by atoms with Crippen molar-refractivity contribution in [2.45, 2.75) is 25.2 Å². The standard InChI is InChI=1S/C12H15NO5S/c1-8(2)12(14)6-9-4-5-10(19(3,17)18)7-11(9)13(15)16/h4-5,7-8H,6H2,1-3H3. The number of hydrogen-bond donors (Lipinski definition) is 0. The van der Waals surface area contributed by atoms with Gasteiger partial charge in [0.2, 0.25) is 0 Å². The van der Waals surface area contributed by atoms with Gasteiger partial charge in [-0.15, -0.1) is 0 Å². The molecule has 0 fully saturated rings. The van der Waals surface area contributed by atoms with Crippen LogP contribution in [0.5, 0.6) is 0 Å². The zero-order chi connectivity index (χ0) is 14.8. The molecule has 6 nitrogen and oxygen atoms in total. The third-order valence-electron chi connectivity index (χ3n) is 2.69. The van der Waals surface area contributed by atoms with E-state index in [1.807, 2.05) is 0 Å². The van der Waals surface area contributed by atoms with Crippen LogP contribution in [0, 0.1) is 16.0 Å². The van der Waals surface area contributed by atoms with Gasteiger partial charge in [0.25, 0.3) is 5.69 Å². The fraction of sp³-hybridized carbons (Fsp3) is 0.417. The first-order valence-electron chi connectivity index (χ1n) is 5.63. The van der Waals surface area contributed by atoms with Crippen LogP contribution in [0.3, 0.4) is 0 Å². The van der Waals surface area contributed by atoms with Gasteiger partial charge in [0, 0.05) is 30.2 Å². The summed E-state index contributed by atoms with van der Waals surface area (Å²) >= 11 is 0. The Morgan fingerprint density at radius 3 is 2.37 bits per heavy atom. The van der Waals surface area contributed by atoms with Crippen LogP contribution in [0.15, 0.2) is 23.1 Å². The highest BCUT2D eigenvalue weighted by Gasteiger charge is 2.21. The summed E-state index contributed by atoms with van der Waals surface area (Å²) in [6.45, 7) is 3.41. The van der Waals surface area contributed by atoms with Crippen molar-refractivity contribution in [1.82, 2.24) is 0 Å². The highest BCUT2D eigenvalue weighted by atomic mass is 32.2. The third-order valence-corrected chi connectivity index (χ3v) is 3.80. The summed E-state index contributed by atoms with van der Waals surface area (Å²) < 4.78 is 22.7. The van der Waals surface area contributed by atoms with Gasteiger partial charge in [0.1, 0.15) is 5.78 Å². The second-order valence-corrected chi connectivity index (χ2v) is 6.63. The molecule has 104 valence electrons. The van der Waals surface area contributed by atoms with Crippen LogP contribution in [0.4, 0.5) is 5.69 Å². The molecule has 0 bridgehead atoms.